The molecule has 0 saturated heterocycles. The fourth-order valence-corrected chi connectivity index (χ4v) is 2.75. The minimum Gasteiger partial charge on any atom is -0.453 e. The summed E-state index contributed by atoms with van der Waals surface area (Å²) < 4.78 is 6.72. The molecule has 156 valence electrons. The lowest BCUT2D eigenvalue weighted by molar-refractivity contribution is -0.154. The van der Waals surface area contributed by atoms with E-state index >= 15 is 0 Å². The number of amides is 3. The maximum Gasteiger partial charge on any atom is 0.321 e. The third-order valence-corrected chi connectivity index (χ3v) is 4.36. The van der Waals surface area contributed by atoms with Crippen molar-refractivity contribution in [1.82, 2.24) is 20.2 Å². The smallest absolute Gasteiger partial charge is 0.321 e. The Labute approximate surface area is 168 Å². The van der Waals surface area contributed by atoms with Crippen molar-refractivity contribution in [2.24, 2.45) is 0 Å². The molecule has 1 atom stereocenters. The fourth-order valence-electron chi connectivity index (χ4n) is 2.75. The van der Waals surface area contributed by atoms with Crippen LogP contribution in [0.2, 0.25) is 0 Å². The van der Waals surface area contributed by atoms with Crippen LogP contribution in [0.15, 0.2) is 29.1 Å². The predicted molar refractivity (Wildman–Crippen MR) is 107 cm³/mol. The molecule has 0 bridgehead atoms. The molecule has 0 spiro atoms. The van der Waals surface area contributed by atoms with E-state index in [0.717, 1.165) is 18.4 Å². The molecule has 1 heterocycles. The van der Waals surface area contributed by atoms with Gasteiger partial charge in [0.2, 0.25) is 0 Å². The summed E-state index contributed by atoms with van der Waals surface area (Å²) in [4.78, 5) is 52.2. The fraction of sp³-hybridized carbons (Fsp3) is 0.450. The first-order valence-corrected chi connectivity index (χ1v) is 9.57. The molecule has 29 heavy (non-hydrogen) atoms. The highest BCUT2D eigenvalue weighted by atomic mass is 16.5. The maximum absolute atomic E-state index is 12.8. The van der Waals surface area contributed by atoms with Gasteiger partial charge < -0.3 is 14.6 Å². The summed E-state index contributed by atoms with van der Waals surface area (Å²) in [6.07, 6.45) is 0.656. The van der Waals surface area contributed by atoms with Gasteiger partial charge in [0, 0.05) is 20.0 Å². The van der Waals surface area contributed by atoms with E-state index in [1.807, 2.05) is 36.5 Å². The van der Waals surface area contributed by atoms with Gasteiger partial charge in [-0.15, -0.1) is 0 Å². The molecule has 2 aromatic rings. The van der Waals surface area contributed by atoms with Gasteiger partial charge in [-0.25, -0.2) is 9.78 Å². The molecule has 3 amide bonds. The van der Waals surface area contributed by atoms with Gasteiger partial charge >= 0.3 is 12.0 Å². The van der Waals surface area contributed by atoms with Gasteiger partial charge in [-0.2, -0.15) is 0 Å². The summed E-state index contributed by atoms with van der Waals surface area (Å²) in [5, 5.41) is 4.27. The highest BCUT2D eigenvalue weighted by Crippen LogP contribution is 2.12. The number of hydrogen-bond donors (Lipinski definition) is 2. The monoisotopic (exact) mass is 402 g/mol. The van der Waals surface area contributed by atoms with Crippen LogP contribution in [0.25, 0.3) is 11.0 Å². The van der Waals surface area contributed by atoms with Crippen molar-refractivity contribution in [3.63, 3.8) is 0 Å². The van der Waals surface area contributed by atoms with Crippen molar-refractivity contribution in [3.8, 4) is 0 Å². The van der Waals surface area contributed by atoms with Crippen LogP contribution in [-0.2, 0) is 27.3 Å². The Balaban J connectivity index is 2.09. The Bertz CT molecular complexity index is 954. The Hall–Kier alpha value is -3.23. The number of imide groups is 1. The van der Waals surface area contributed by atoms with Crippen LogP contribution in [0.5, 0.6) is 0 Å². The molecule has 0 unspecified atom stereocenters. The van der Waals surface area contributed by atoms with E-state index in [9.17, 15) is 19.2 Å². The van der Waals surface area contributed by atoms with E-state index in [-0.39, 0.29) is 24.1 Å². The van der Waals surface area contributed by atoms with Crippen molar-refractivity contribution in [2.45, 2.75) is 52.2 Å². The average molecular weight is 402 g/mol. The van der Waals surface area contributed by atoms with Crippen LogP contribution in [0.3, 0.4) is 0 Å². The van der Waals surface area contributed by atoms with Crippen LogP contribution >= 0.6 is 0 Å². The summed E-state index contributed by atoms with van der Waals surface area (Å²) in [5.74, 6) is -1.39. The van der Waals surface area contributed by atoms with Gasteiger partial charge in [-0.3, -0.25) is 19.7 Å². The molecule has 2 N–H and O–H groups in total. The average Bonchev–Trinajstić information content (AvgIpc) is 2.71. The van der Waals surface area contributed by atoms with Crippen molar-refractivity contribution < 1.29 is 19.1 Å². The Morgan fingerprint density at radius 1 is 1.24 bits per heavy atom. The number of ether oxygens (including phenoxy) is 1. The number of fused-ring (bicyclic) bond motifs is 1. The third kappa shape index (κ3) is 5.87. The number of nitrogens with zero attached hydrogens (tertiary/aromatic N) is 2. The summed E-state index contributed by atoms with van der Waals surface area (Å²) in [7, 11) is 1.36. The van der Waals surface area contributed by atoms with Gasteiger partial charge in [0.25, 0.3) is 11.5 Å². The maximum atomic E-state index is 12.8. The number of carbonyl (C=O) groups is 3. The lowest BCUT2D eigenvalue weighted by Crippen LogP contribution is -2.43. The molecule has 0 aliphatic carbocycles. The van der Waals surface area contributed by atoms with Crippen molar-refractivity contribution in [2.75, 3.05) is 7.05 Å². The summed E-state index contributed by atoms with van der Waals surface area (Å²) in [6, 6.07) is 6.68. The number of nitrogens with one attached hydrogen (secondary N) is 2. The first kappa shape index (κ1) is 22.1. The largest absolute Gasteiger partial charge is 0.453 e. The predicted octanol–water partition coefficient (Wildman–Crippen LogP) is 1.52. The number of carbonyl (C=O) groups excluding carboxylic acids is 3. The van der Waals surface area contributed by atoms with Crippen LogP contribution in [0, 0.1) is 0 Å². The highest BCUT2D eigenvalue weighted by molar-refractivity contribution is 5.97. The van der Waals surface area contributed by atoms with Crippen molar-refractivity contribution >= 4 is 28.9 Å². The molecule has 9 heteroatoms. The number of esters is 1. The minimum absolute atomic E-state index is 0.0956. The quantitative estimate of drug-likeness (QED) is 0.646. The van der Waals surface area contributed by atoms with Crippen molar-refractivity contribution in [3.05, 3.63) is 40.3 Å². The van der Waals surface area contributed by atoms with Crippen LogP contribution in [0.1, 0.15) is 38.8 Å². The highest BCUT2D eigenvalue weighted by Gasteiger charge is 2.20. The van der Waals surface area contributed by atoms with Crippen LogP contribution in [0.4, 0.5) is 4.79 Å². The molecule has 1 aromatic carbocycles. The molecule has 0 aliphatic rings. The standard InChI is InChI=1S/C20H26N4O5/c1-4-5-12-24-16-9-7-6-8-14(16)22-15(19(24)27)10-11-17(25)29-13(2)18(26)23-20(28)21-3/h6-9,13H,4-5,10-12H2,1-3H3,(H2,21,23,26,28)/t13-/m0/s1. The molecule has 2 rings (SSSR count). The number of benzene rings is 1. The first-order chi connectivity index (χ1) is 13.9. The Kier molecular flexibility index (Phi) is 7.88. The van der Waals surface area contributed by atoms with E-state index in [1.54, 1.807) is 4.57 Å². The zero-order valence-corrected chi connectivity index (χ0v) is 16.9. The second kappa shape index (κ2) is 10.4. The molecule has 0 saturated carbocycles. The zero-order valence-electron chi connectivity index (χ0n) is 16.9. The molecule has 9 nitrogen and oxygen atoms in total. The molecule has 0 radical (unpaired) electrons. The van der Waals surface area contributed by atoms with Gasteiger partial charge in [-0.1, -0.05) is 25.5 Å². The number of aryl methyl sites for hydroxylation is 2. The normalized spacial score (nSPS) is 11.7. The second-order valence-electron chi connectivity index (χ2n) is 6.56. The molecule has 0 fully saturated rings. The van der Waals surface area contributed by atoms with E-state index in [4.69, 9.17) is 4.74 Å². The molecular weight excluding hydrogens is 376 g/mol. The number of para-hydroxylation sites is 2. The third-order valence-electron chi connectivity index (χ3n) is 4.36. The second-order valence-corrected chi connectivity index (χ2v) is 6.56. The van der Waals surface area contributed by atoms with E-state index in [1.165, 1.54) is 14.0 Å². The summed E-state index contributed by atoms with van der Waals surface area (Å²) in [6.45, 7) is 3.99. The number of rotatable bonds is 8. The van der Waals surface area contributed by atoms with Gasteiger partial charge in [0.05, 0.1) is 17.5 Å². The lowest BCUT2D eigenvalue weighted by Gasteiger charge is -2.13. The Morgan fingerprint density at radius 3 is 2.66 bits per heavy atom. The lowest BCUT2D eigenvalue weighted by atomic mass is 10.2. The van der Waals surface area contributed by atoms with E-state index < -0.39 is 24.0 Å². The topological polar surface area (TPSA) is 119 Å². The number of hydrogen-bond acceptors (Lipinski definition) is 6. The SMILES string of the molecule is CCCCn1c(=O)c(CCC(=O)O[C@@H](C)C(=O)NC(=O)NC)nc2ccccc21. The first-order valence-electron chi connectivity index (χ1n) is 9.57. The van der Waals surface area contributed by atoms with Crippen LogP contribution < -0.4 is 16.2 Å². The van der Waals surface area contributed by atoms with Gasteiger partial charge in [0.15, 0.2) is 6.10 Å². The molecule has 1 aromatic heterocycles. The number of aromatic nitrogens is 2. The zero-order chi connectivity index (χ0) is 21.4. The molecule has 0 aliphatic heterocycles. The minimum atomic E-state index is -1.13. The summed E-state index contributed by atoms with van der Waals surface area (Å²) >= 11 is 0. The van der Waals surface area contributed by atoms with E-state index in [2.05, 4.69) is 10.3 Å². The van der Waals surface area contributed by atoms with Gasteiger partial charge in [0.1, 0.15) is 5.69 Å². The number of unbranched alkanes of at least 4 members (excludes halogenated alkanes) is 1. The van der Waals surface area contributed by atoms with E-state index in [0.29, 0.717) is 12.1 Å². The summed E-state index contributed by atoms with van der Waals surface area (Å²) in [5.41, 5.74) is 1.50. The Morgan fingerprint density at radius 2 is 1.97 bits per heavy atom. The van der Waals surface area contributed by atoms with Crippen molar-refractivity contribution in [1.29, 1.82) is 0 Å². The number of urea groups is 1. The van der Waals surface area contributed by atoms with Gasteiger partial charge in [-0.05, 0) is 25.5 Å². The van der Waals surface area contributed by atoms with Crippen LogP contribution in [-0.4, -0.2) is 40.6 Å². The molecular formula is C20H26N4O5.